The van der Waals surface area contributed by atoms with E-state index in [1.807, 2.05) is 13.0 Å². The molecule has 2 aromatic rings. The Kier molecular flexibility index (Phi) is 4.15. The average molecular weight is 470 g/mol. The van der Waals surface area contributed by atoms with Gasteiger partial charge in [0.15, 0.2) is 0 Å². The number of nitrogens with one attached hydrogen (secondary N) is 1. The molecule has 0 unspecified atom stereocenters. The van der Waals surface area contributed by atoms with Gasteiger partial charge in [0.25, 0.3) is 0 Å². The molecule has 32 heavy (non-hydrogen) atoms. The zero-order chi connectivity index (χ0) is 22.5. The lowest BCUT2D eigenvalue weighted by Gasteiger charge is -2.36. The van der Waals surface area contributed by atoms with E-state index in [1.54, 1.807) is 31.2 Å². The molecule has 6 nitrogen and oxygen atoms in total. The highest BCUT2D eigenvalue weighted by atomic mass is 35.5. The van der Waals surface area contributed by atoms with Gasteiger partial charge in [-0.15, -0.1) is 0 Å². The Bertz CT molecular complexity index is 1250. The molecule has 8 heteroatoms. The van der Waals surface area contributed by atoms with Gasteiger partial charge < -0.3 is 5.32 Å². The van der Waals surface area contributed by atoms with Crippen molar-refractivity contribution in [2.24, 2.45) is 11.8 Å². The molecule has 0 bridgehead atoms. The van der Waals surface area contributed by atoms with Crippen LogP contribution < -0.4 is 10.2 Å². The molecular formula is C24H21Cl2N3O3. The van der Waals surface area contributed by atoms with E-state index >= 15 is 0 Å². The minimum absolute atomic E-state index is 0.159. The first-order valence-electron chi connectivity index (χ1n) is 10.8. The summed E-state index contributed by atoms with van der Waals surface area (Å²) in [5.74, 6) is -2.19. The Balaban J connectivity index is 1.58. The van der Waals surface area contributed by atoms with Crippen LogP contribution in [0.25, 0.3) is 0 Å². The first kappa shape index (κ1) is 20.2. The molecule has 0 aliphatic carbocycles. The van der Waals surface area contributed by atoms with Crippen molar-refractivity contribution in [3.63, 3.8) is 0 Å². The number of rotatable bonds is 1. The second-order valence-corrected chi connectivity index (χ2v) is 9.93. The molecule has 0 saturated carbocycles. The fourth-order valence-electron chi connectivity index (χ4n) is 6.47. The molecule has 164 valence electrons. The molecule has 3 saturated heterocycles. The van der Waals surface area contributed by atoms with Gasteiger partial charge in [0.1, 0.15) is 5.54 Å². The smallest absolute Gasteiger partial charge is 0.250 e. The molecule has 3 fully saturated rings. The van der Waals surface area contributed by atoms with Crippen LogP contribution in [0.15, 0.2) is 30.3 Å². The topological polar surface area (TPSA) is 69.7 Å². The van der Waals surface area contributed by atoms with Crippen LogP contribution in [-0.4, -0.2) is 35.2 Å². The molecule has 1 N–H and O–H groups in total. The molecule has 6 rings (SSSR count). The summed E-state index contributed by atoms with van der Waals surface area (Å²) in [6.07, 6.45) is 1.65. The number of hydrogen-bond acceptors (Lipinski definition) is 4. The summed E-state index contributed by atoms with van der Waals surface area (Å²) < 4.78 is 0. The molecule has 4 aliphatic heterocycles. The van der Waals surface area contributed by atoms with Crippen molar-refractivity contribution in [3.05, 3.63) is 57.1 Å². The molecule has 1 spiro atoms. The molecule has 0 aromatic heterocycles. The number of carbonyl (C=O) groups is 3. The lowest BCUT2D eigenvalue weighted by atomic mass is 9.75. The van der Waals surface area contributed by atoms with Crippen LogP contribution >= 0.6 is 23.2 Å². The lowest BCUT2D eigenvalue weighted by Crippen LogP contribution is -2.54. The number of benzene rings is 2. The Morgan fingerprint density at radius 1 is 1.00 bits per heavy atom. The van der Waals surface area contributed by atoms with E-state index < -0.39 is 17.4 Å². The van der Waals surface area contributed by atoms with Crippen LogP contribution in [-0.2, 0) is 19.9 Å². The van der Waals surface area contributed by atoms with Gasteiger partial charge in [0.05, 0.1) is 23.2 Å². The number of nitrogens with zero attached hydrogens (tertiary/aromatic N) is 2. The Hall–Kier alpha value is -2.41. The number of fused-ring (bicyclic) bond motifs is 7. The molecule has 3 amide bonds. The third-order valence-electron chi connectivity index (χ3n) is 7.84. The second kappa shape index (κ2) is 6.56. The summed E-state index contributed by atoms with van der Waals surface area (Å²) in [5, 5.41) is 4.05. The first-order chi connectivity index (χ1) is 15.3. The highest BCUT2D eigenvalue weighted by molar-refractivity contribution is 6.33. The zero-order valence-electron chi connectivity index (χ0n) is 17.6. The summed E-state index contributed by atoms with van der Waals surface area (Å²) in [6.45, 7) is 4.33. The van der Waals surface area contributed by atoms with E-state index in [0.29, 0.717) is 33.5 Å². The maximum atomic E-state index is 14.0. The van der Waals surface area contributed by atoms with Crippen LogP contribution in [0.1, 0.15) is 29.5 Å². The van der Waals surface area contributed by atoms with Crippen LogP contribution in [0.2, 0.25) is 10.0 Å². The molecular weight excluding hydrogens is 449 g/mol. The van der Waals surface area contributed by atoms with Crippen molar-refractivity contribution >= 4 is 52.3 Å². The third-order valence-corrected chi connectivity index (χ3v) is 8.66. The Labute approximate surface area is 195 Å². The Morgan fingerprint density at radius 2 is 1.75 bits per heavy atom. The normalized spacial score (nSPS) is 30.8. The third kappa shape index (κ3) is 2.18. The highest BCUT2D eigenvalue weighted by Crippen LogP contribution is 2.61. The van der Waals surface area contributed by atoms with Crippen LogP contribution in [0.5, 0.6) is 0 Å². The predicted octanol–water partition coefficient (Wildman–Crippen LogP) is 4.04. The number of imide groups is 1. The summed E-state index contributed by atoms with van der Waals surface area (Å²) >= 11 is 12.6. The molecule has 4 atom stereocenters. The average Bonchev–Trinajstić information content (AvgIpc) is 3.46. The molecule has 4 heterocycles. The van der Waals surface area contributed by atoms with Gasteiger partial charge in [-0.25, -0.2) is 4.90 Å². The fraction of sp³-hybridized carbons (Fsp3) is 0.375. The number of amides is 3. The SMILES string of the molecule is Cc1c(Cl)cccc1N1C(=O)[C@@H]2[C@@H]3CCCN3[C@]3(C(=O)Nc4c3ccc(Cl)c4C)[C@H]2C1=O. The lowest BCUT2D eigenvalue weighted by molar-refractivity contribution is -0.135. The Morgan fingerprint density at radius 3 is 2.53 bits per heavy atom. The van der Waals surface area contributed by atoms with Crippen molar-refractivity contribution in [2.45, 2.75) is 38.3 Å². The fourth-order valence-corrected chi connectivity index (χ4v) is 6.79. The van der Waals surface area contributed by atoms with Crippen LogP contribution in [0, 0.1) is 25.7 Å². The van der Waals surface area contributed by atoms with Crippen molar-refractivity contribution in [2.75, 3.05) is 16.8 Å². The van der Waals surface area contributed by atoms with Crippen molar-refractivity contribution in [1.29, 1.82) is 0 Å². The number of hydrogen-bond donors (Lipinski definition) is 1. The van der Waals surface area contributed by atoms with E-state index in [1.165, 1.54) is 4.90 Å². The van der Waals surface area contributed by atoms with E-state index in [9.17, 15) is 14.4 Å². The van der Waals surface area contributed by atoms with E-state index in [0.717, 1.165) is 24.0 Å². The molecule has 0 radical (unpaired) electrons. The maximum Gasteiger partial charge on any atom is 0.250 e. The van der Waals surface area contributed by atoms with Crippen molar-refractivity contribution in [3.8, 4) is 0 Å². The zero-order valence-corrected chi connectivity index (χ0v) is 19.1. The minimum atomic E-state index is -1.20. The van der Waals surface area contributed by atoms with Crippen LogP contribution in [0.4, 0.5) is 11.4 Å². The van der Waals surface area contributed by atoms with Crippen molar-refractivity contribution in [1.82, 2.24) is 4.90 Å². The van der Waals surface area contributed by atoms with Crippen LogP contribution in [0.3, 0.4) is 0 Å². The summed E-state index contributed by atoms with van der Waals surface area (Å²) in [6, 6.07) is 8.67. The van der Waals surface area contributed by atoms with Gasteiger partial charge in [-0.05, 0) is 62.6 Å². The maximum absolute atomic E-state index is 14.0. The summed E-state index contributed by atoms with van der Waals surface area (Å²) in [4.78, 5) is 44.8. The van der Waals surface area contributed by atoms with Gasteiger partial charge in [-0.3, -0.25) is 19.3 Å². The monoisotopic (exact) mass is 469 g/mol. The van der Waals surface area contributed by atoms with Gasteiger partial charge in [0, 0.05) is 21.7 Å². The van der Waals surface area contributed by atoms with Gasteiger partial charge in [-0.2, -0.15) is 0 Å². The number of anilines is 2. The van der Waals surface area contributed by atoms with Gasteiger partial charge in [0.2, 0.25) is 17.7 Å². The quantitative estimate of drug-likeness (QED) is 0.639. The van der Waals surface area contributed by atoms with Gasteiger partial charge in [-0.1, -0.05) is 35.3 Å². The number of halogens is 2. The van der Waals surface area contributed by atoms with Gasteiger partial charge >= 0.3 is 0 Å². The van der Waals surface area contributed by atoms with E-state index in [-0.39, 0.29) is 23.8 Å². The first-order valence-corrected chi connectivity index (χ1v) is 11.6. The van der Waals surface area contributed by atoms with Crippen molar-refractivity contribution < 1.29 is 14.4 Å². The minimum Gasteiger partial charge on any atom is -0.324 e. The number of carbonyl (C=O) groups excluding carboxylic acids is 3. The summed E-state index contributed by atoms with van der Waals surface area (Å²) in [5.41, 5.74) is 2.14. The predicted molar refractivity (Wildman–Crippen MR) is 122 cm³/mol. The highest BCUT2D eigenvalue weighted by Gasteiger charge is 2.74. The van der Waals surface area contributed by atoms with E-state index in [4.69, 9.17) is 23.2 Å². The second-order valence-electron chi connectivity index (χ2n) is 9.12. The molecule has 4 aliphatic rings. The largest absolute Gasteiger partial charge is 0.324 e. The van der Waals surface area contributed by atoms with E-state index in [2.05, 4.69) is 10.2 Å². The molecule has 2 aromatic carbocycles. The summed E-state index contributed by atoms with van der Waals surface area (Å²) in [7, 11) is 0. The standard InChI is InChI=1S/C24H21Cl2N3O3/c1-11-14(25)5-3-6-16(11)29-21(30)18-17-7-4-10-28(17)24(19(18)22(29)31)13-8-9-15(26)12(2)20(13)27-23(24)32/h3,5-6,8-9,17-19H,4,7,10H2,1-2H3,(H,27,32)/t17-,18+,19+,24-/m0/s1.